The molecule has 2 aliphatic heterocycles. The van der Waals surface area contributed by atoms with Gasteiger partial charge >= 0.3 is 0 Å². The van der Waals surface area contributed by atoms with Gasteiger partial charge in [-0.15, -0.1) is 0 Å². The van der Waals surface area contributed by atoms with Gasteiger partial charge in [0.05, 0.1) is 43.6 Å². The average Bonchev–Trinajstić information content (AvgIpc) is 3.43. The fraction of sp³-hybridized carbons (Fsp3) is 0.280. The first kappa shape index (κ1) is 22.0. The van der Waals surface area contributed by atoms with E-state index in [1.165, 1.54) is 12.1 Å². The minimum atomic E-state index is -1.03. The number of methoxy groups -OCH3 is 1. The Hall–Kier alpha value is -3.85. The van der Waals surface area contributed by atoms with E-state index in [1.54, 1.807) is 19.5 Å². The van der Waals surface area contributed by atoms with Crippen LogP contribution in [0.5, 0.6) is 11.5 Å². The van der Waals surface area contributed by atoms with Gasteiger partial charge in [0.25, 0.3) is 0 Å². The van der Waals surface area contributed by atoms with Gasteiger partial charge in [0.15, 0.2) is 5.84 Å². The van der Waals surface area contributed by atoms with E-state index in [9.17, 15) is 9.50 Å². The number of hydrogen-bond donors (Lipinski definition) is 1. The van der Waals surface area contributed by atoms with Gasteiger partial charge in [-0.2, -0.15) is 0 Å². The molecule has 0 unspecified atom stereocenters. The molecule has 3 aromatic rings. The molecule has 2 aromatic carbocycles. The smallest absolute Gasteiger partial charge is 0.244 e. The molecule has 1 N–H and O–H groups in total. The monoisotopic (exact) mass is 464 g/mol. The molecule has 9 heteroatoms. The van der Waals surface area contributed by atoms with Crippen molar-refractivity contribution < 1.29 is 23.8 Å². The average molecular weight is 464 g/mol. The van der Waals surface area contributed by atoms with Crippen LogP contribution in [-0.4, -0.2) is 52.3 Å². The van der Waals surface area contributed by atoms with Gasteiger partial charge in [0, 0.05) is 19.2 Å². The largest absolute Gasteiger partial charge is 0.495 e. The third-order valence-electron chi connectivity index (χ3n) is 6.01. The third kappa shape index (κ3) is 3.77. The van der Waals surface area contributed by atoms with Crippen molar-refractivity contribution in [2.75, 3.05) is 26.9 Å². The zero-order chi connectivity index (χ0) is 23.7. The maximum absolute atomic E-state index is 14.1. The molecule has 1 spiro atoms. The van der Waals surface area contributed by atoms with Gasteiger partial charge in [-0.05, 0) is 48.9 Å². The first-order valence-electron chi connectivity index (χ1n) is 11.0. The molecule has 1 aromatic heterocycles. The predicted molar refractivity (Wildman–Crippen MR) is 124 cm³/mol. The second-order valence-corrected chi connectivity index (χ2v) is 8.13. The number of ether oxygens (including phenoxy) is 2. The van der Waals surface area contributed by atoms with Gasteiger partial charge in [-0.25, -0.2) is 9.37 Å². The summed E-state index contributed by atoms with van der Waals surface area (Å²) in [7, 11) is 1.62. The maximum Gasteiger partial charge on any atom is 0.244 e. The lowest BCUT2D eigenvalue weighted by Gasteiger charge is -2.40. The SMILES string of the molecule is COc1cc(/C=C/C2=NO[C@]3(CCOc4ccc(F)cc43)N2CCO)ccc1-n1cnc(C)c1. The van der Waals surface area contributed by atoms with Gasteiger partial charge in [0.1, 0.15) is 17.3 Å². The third-order valence-corrected chi connectivity index (χ3v) is 6.01. The van der Waals surface area contributed by atoms with E-state index in [2.05, 4.69) is 10.1 Å². The molecular weight excluding hydrogens is 439 g/mol. The number of aliphatic hydroxyl groups is 1. The van der Waals surface area contributed by atoms with Crippen LogP contribution in [0.15, 0.2) is 60.2 Å². The molecule has 0 fully saturated rings. The molecule has 0 aliphatic carbocycles. The number of amidine groups is 1. The van der Waals surface area contributed by atoms with Crippen molar-refractivity contribution in [3.63, 3.8) is 0 Å². The summed E-state index contributed by atoms with van der Waals surface area (Å²) in [5.74, 6) is 1.38. The topological polar surface area (TPSA) is 81.3 Å². The number of oxime groups is 1. The molecule has 5 rings (SSSR count). The summed E-state index contributed by atoms with van der Waals surface area (Å²) in [5, 5.41) is 14.0. The molecule has 0 saturated heterocycles. The van der Waals surface area contributed by atoms with Crippen molar-refractivity contribution in [3.05, 3.63) is 77.6 Å². The second kappa shape index (κ2) is 8.83. The van der Waals surface area contributed by atoms with Crippen LogP contribution >= 0.6 is 0 Å². The zero-order valence-electron chi connectivity index (χ0n) is 18.9. The van der Waals surface area contributed by atoms with Crippen molar-refractivity contribution in [1.82, 2.24) is 14.5 Å². The highest BCUT2D eigenvalue weighted by Gasteiger charge is 2.50. The summed E-state index contributed by atoms with van der Waals surface area (Å²) < 4.78 is 27.3. The number of fused-ring (bicyclic) bond motifs is 2. The van der Waals surface area contributed by atoms with Crippen molar-refractivity contribution in [2.45, 2.75) is 19.1 Å². The van der Waals surface area contributed by atoms with E-state index in [-0.39, 0.29) is 19.0 Å². The van der Waals surface area contributed by atoms with Crippen LogP contribution in [-0.2, 0) is 10.6 Å². The quantitative estimate of drug-likeness (QED) is 0.600. The van der Waals surface area contributed by atoms with Crippen LogP contribution in [0.2, 0.25) is 0 Å². The number of rotatable bonds is 6. The standard InChI is InChI=1S/C25H25FN4O4/c1-17-15-29(16-27-17)21-6-3-18(13-23(21)32-2)4-8-24-28-34-25(30(24)10-11-31)9-12-33-22-7-5-19(26)14-20(22)25/h3-8,13-16,31H,9-12H2,1-2H3/b8-4+/t25-/m0/s1. The van der Waals surface area contributed by atoms with E-state index >= 15 is 0 Å². The lowest BCUT2D eigenvalue weighted by molar-refractivity contribution is -0.129. The van der Waals surface area contributed by atoms with Gasteiger partial charge < -0.3 is 28.9 Å². The highest BCUT2D eigenvalue weighted by atomic mass is 19.1. The lowest BCUT2D eigenvalue weighted by atomic mass is 9.94. The van der Waals surface area contributed by atoms with Gasteiger partial charge in [-0.1, -0.05) is 17.3 Å². The first-order chi connectivity index (χ1) is 16.5. The fourth-order valence-corrected chi connectivity index (χ4v) is 4.40. The van der Waals surface area contributed by atoms with E-state index in [0.29, 0.717) is 35.9 Å². The number of aliphatic hydroxyl groups excluding tert-OH is 1. The number of imidazole rings is 1. The van der Waals surface area contributed by atoms with Gasteiger partial charge in [0.2, 0.25) is 5.72 Å². The Morgan fingerprint density at radius 1 is 1.24 bits per heavy atom. The minimum Gasteiger partial charge on any atom is -0.495 e. The van der Waals surface area contributed by atoms with Crippen LogP contribution < -0.4 is 9.47 Å². The van der Waals surface area contributed by atoms with Crippen molar-refractivity contribution >= 4 is 11.9 Å². The molecule has 176 valence electrons. The summed E-state index contributed by atoms with van der Waals surface area (Å²) >= 11 is 0. The number of hydrogen-bond acceptors (Lipinski definition) is 7. The lowest BCUT2D eigenvalue weighted by Crippen LogP contribution is -2.49. The summed E-state index contributed by atoms with van der Waals surface area (Å²) in [6, 6.07) is 10.2. The Morgan fingerprint density at radius 2 is 2.12 bits per heavy atom. The summed E-state index contributed by atoms with van der Waals surface area (Å²) in [6.07, 6.45) is 7.82. The molecule has 0 radical (unpaired) electrons. The van der Waals surface area contributed by atoms with E-state index in [4.69, 9.17) is 14.3 Å². The van der Waals surface area contributed by atoms with Crippen molar-refractivity contribution in [3.8, 4) is 17.2 Å². The Kier molecular flexibility index (Phi) is 5.70. The number of β-amino-alcohol motifs (C(OH)–C–C–N with tert-alkyl or cyclic N) is 1. The molecule has 1 atom stereocenters. The Labute approximate surface area is 196 Å². The second-order valence-electron chi connectivity index (χ2n) is 8.13. The minimum absolute atomic E-state index is 0.115. The number of benzene rings is 2. The highest BCUT2D eigenvalue weighted by molar-refractivity contribution is 5.97. The molecule has 2 aliphatic rings. The molecular formula is C25H25FN4O4. The Bertz CT molecular complexity index is 1270. The fourth-order valence-electron chi connectivity index (χ4n) is 4.40. The van der Waals surface area contributed by atoms with Gasteiger partial charge in [-0.3, -0.25) is 0 Å². The molecule has 3 heterocycles. The number of aryl methyl sites for hydroxylation is 1. The number of nitrogens with zero attached hydrogens (tertiary/aromatic N) is 4. The van der Waals surface area contributed by atoms with E-state index in [0.717, 1.165) is 16.9 Å². The molecule has 0 saturated carbocycles. The number of halogens is 1. The van der Waals surface area contributed by atoms with Crippen LogP contribution in [0.3, 0.4) is 0 Å². The van der Waals surface area contributed by atoms with Crippen LogP contribution in [0.25, 0.3) is 11.8 Å². The van der Waals surface area contributed by atoms with E-state index < -0.39 is 5.72 Å². The molecule has 8 nitrogen and oxygen atoms in total. The van der Waals surface area contributed by atoms with E-state index in [1.807, 2.05) is 52.9 Å². The predicted octanol–water partition coefficient (Wildman–Crippen LogP) is 3.62. The highest BCUT2D eigenvalue weighted by Crippen LogP contribution is 2.45. The van der Waals surface area contributed by atoms with Crippen molar-refractivity contribution in [2.24, 2.45) is 5.16 Å². The van der Waals surface area contributed by atoms with Crippen molar-refractivity contribution in [1.29, 1.82) is 0 Å². The van der Waals surface area contributed by atoms with Crippen LogP contribution in [0.1, 0.15) is 23.2 Å². The Morgan fingerprint density at radius 3 is 2.88 bits per heavy atom. The van der Waals surface area contributed by atoms with Crippen LogP contribution in [0.4, 0.5) is 4.39 Å². The molecule has 0 bridgehead atoms. The summed E-state index contributed by atoms with van der Waals surface area (Å²) in [6.45, 7) is 2.47. The zero-order valence-corrected chi connectivity index (χ0v) is 18.9. The summed E-state index contributed by atoms with van der Waals surface area (Å²) in [4.78, 5) is 12.0. The normalized spacial score (nSPS) is 19.2. The van der Waals surface area contributed by atoms with Crippen LogP contribution in [0, 0.1) is 12.7 Å². The maximum atomic E-state index is 14.1. The number of aromatic nitrogens is 2. The molecule has 0 amide bonds. The Balaban J connectivity index is 1.44. The summed E-state index contributed by atoms with van der Waals surface area (Å²) in [5.41, 5.74) is 2.21. The first-order valence-corrected chi connectivity index (χ1v) is 11.0. The molecule has 34 heavy (non-hydrogen) atoms.